The Morgan fingerprint density at radius 2 is 1.68 bits per heavy atom. The van der Waals surface area contributed by atoms with E-state index in [1.807, 2.05) is 30.3 Å². The van der Waals surface area contributed by atoms with Gasteiger partial charge in [0.1, 0.15) is 6.54 Å². The first-order valence-corrected chi connectivity index (χ1v) is 13.1. The summed E-state index contributed by atoms with van der Waals surface area (Å²) in [4.78, 5) is 51.7. The van der Waals surface area contributed by atoms with Crippen LogP contribution in [0.1, 0.15) is 23.6 Å². The molecular weight excluding hydrogens is 582 g/mol. The number of nitro groups is 1. The maximum absolute atomic E-state index is 13.7. The number of non-ortho nitro benzene ring substituents is 1. The molecule has 3 heterocycles. The third kappa shape index (κ3) is 4.43. The van der Waals surface area contributed by atoms with Gasteiger partial charge in [0.25, 0.3) is 23.4 Å². The molecule has 3 aromatic rings. The highest BCUT2D eigenvalue weighted by Gasteiger charge is 2.55. The van der Waals surface area contributed by atoms with Gasteiger partial charge in [-0.1, -0.05) is 63.6 Å². The average Bonchev–Trinajstić information content (AvgIpc) is 3.65. The number of halogens is 1. The van der Waals surface area contributed by atoms with Crippen molar-refractivity contribution in [2.45, 2.75) is 24.5 Å². The standard InChI is InChI=1S/C27H20BrN7O5/c28-18-8-12-19(13-9-18)33-26(37)24-25(27(33)38)32(31-29-24)15-23(36)34-22(17-6-10-20(11-7-17)35(39)40)14-21(30-34)16-4-2-1-3-5-16/h1-13,22,24-25H,14-15H2. The molecule has 1 saturated heterocycles. The lowest BCUT2D eigenvalue weighted by Crippen LogP contribution is -2.44. The zero-order valence-electron chi connectivity index (χ0n) is 20.7. The summed E-state index contributed by atoms with van der Waals surface area (Å²) < 4.78 is 0.797. The fourth-order valence-corrected chi connectivity index (χ4v) is 5.30. The van der Waals surface area contributed by atoms with Crippen molar-refractivity contribution in [2.24, 2.45) is 15.4 Å². The molecule has 40 heavy (non-hydrogen) atoms. The monoisotopic (exact) mass is 601 g/mol. The SMILES string of the molecule is O=C1C2N=NN(CC(=O)N3N=C(c4ccccc4)CC3c3ccc([N+](=O)[O-])cc3)C2C(=O)N1c1ccc(Br)cc1. The van der Waals surface area contributed by atoms with Crippen LogP contribution in [0.5, 0.6) is 0 Å². The molecule has 0 bridgehead atoms. The van der Waals surface area contributed by atoms with Crippen LogP contribution in [0, 0.1) is 10.1 Å². The lowest BCUT2D eigenvalue weighted by atomic mass is 9.98. The lowest BCUT2D eigenvalue weighted by molar-refractivity contribution is -0.384. The molecule has 3 aliphatic rings. The highest BCUT2D eigenvalue weighted by atomic mass is 79.9. The first kappa shape index (κ1) is 25.5. The summed E-state index contributed by atoms with van der Waals surface area (Å²) in [6, 6.07) is 19.5. The molecule has 0 radical (unpaired) electrons. The van der Waals surface area contributed by atoms with E-state index in [1.165, 1.54) is 22.2 Å². The Balaban J connectivity index is 1.26. The number of benzene rings is 3. The van der Waals surface area contributed by atoms with Gasteiger partial charge in [0.05, 0.1) is 22.4 Å². The number of nitrogens with zero attached hydrogens (tertiary/aromatic N) is 7. The van der Waals surface area contributed by atoms with Crippen LogP contribution in [-0.2, 0) is 14.4 Å². The van der Waals surface area contributed by atoms with Gasteiger partial charge in [-0.15, -0.1) is 0 Å². The number of amides is 3. The summed E-state index contributed by atoms with van der Waals surface area (Å²) in [7, 11) is 0. The smallest absolute Gasteiger partial charge is 0.269 e. The van der Waals surface area contributed by atoms with Crippen molar-refractivity contribution in [1.29, 1.82) is 0 Å². The number of anilines is 1. The summed E-state index contributed by atoms with van der Waals surface area (Å²) in [6.45, 7) is -0.340. The molecule has 0 aromatic heterocycles. The average molecular weight is 602 g/mol. The Hall–Kier alpha value is -4.78. The highest BCUT2D eigenvalue weighted by Crippen LogP contribution is 2.36. The third-order valence-corrected chi connectivity index (χ3v) is 7.53. The molecule has 3 aliphatic heterocycles. The second-order valence-electron chi connectivity index (χ2n) is 9.40. The summed E-state index contributed by atoms with van der Waals surface area (Å²) in [5.41, 5.74) is 2.53. The van der Waals surface area contributed by atoms with E-state index in [-0.39, 0.29) is 12.2 Å². The maximum Gasteiger partial charge on any atom is 0.269 e. The molecule has 13 heteroatoms. The van der Waals surface area contributed by atoms with Gasteiger partial charge in [-0.3, -0.25) is 29.5 Å². The van der Waals surface area contributed by atoms with Crippen LogP contribution in [0.4, 0.5) is 11.4 Å². The van der Waals surface area contributed by atoms with Crippen LogP contribution in [0.2, 0.25) is 0 Å². The van der Waals surface area contributed by atoms with Crippen molar-refractivity contribution >= 4 is 50.7 Å². The number of nitro benzene ring substituents is 1. The first-order chi connectivity index (χ1) is 19.3. The second-order valence-corrected chi connectivity index (χ2v) is 10.3. The Bertz CT molecular complexity index is 1580. The van der Waals surface area contributed by atoms with Crippen molar-refractivity contribution in [2.75, 3.05) is 11.4 Å². The van der Waals surface area contributed by atoms with Crippen LogP contribution in [0.25, 0.3) is 0 Å². The summed E-state index contributed by atoms with van der Waals surface area (Å²) >= 11 is 3.34. The van der Waals surface area contributed by atoms with E-state index in [4.69, 9.17) is 0 Å². The summed E-state index contributed by atoms with van der Waals surface area (Å²) in [5.74, 6) is -1.49. The van der Waals surface area contributed by atoms with Gasteiger partial charge in [0.2, 0.25) is 0 Å². The minimum atomic E-state index is -1.05. The Morgan fingerprint density at radius 1 is 0.975 bits per heavy atom. The van der Waals surface area contributed by atoms with Gasteiger partial charge in [0.15, 0.2) is 12.1 Å². The van der Waals surface area contributed by atoms with E-state index in [0.717, 1.165) is 14.9 Å². The minimum absolute atomic E-state index is 0.0629. The normalized spacial score (nSPS) is 21.7. The molecule has 3 atom stereocenters. The molecular formula is C27H20BrN7O5. The third-order valence-electron chi connectivity index (χ3n) is 7.00. The van der Waals surface area contributed by atoms with Crippen LogP contribution in [-0.4, -0.2) is 57.0 Å². The molecule has 0 saturated carbocycles. The van der Waals surface area contributed by atoms with E-state index in [0.29, 0.717) is 23.4 Å². The molecule has 1 fully saturated rings. The Kier molecular flexibility index (Phi) is 6.42. The van der Waals surface area contributed by atoms with Gasteiger partial charge >= 0.3 is 0 Å². The van der Waals surface area contributed by atoms with Crippen molar-refractivity contribution in [3.05, 3.63) is 105 Å². The van der Waals surface area contributed by atoms with E-state index in [1.54, 1.807) is 36.4 Å². The number of imide groups is 1. The number of fused-ring (bicyclic) bond motifs is 1. The molecule has 0 N–H and O–H groups in total. The van der Waals surface area contributed by atoms with Gasteiger partial charge in [-0.25, -0.2) is 9.91 Å². The van der Waals surface area contributed by atoms with Crippen molar-refractivity contribution < 1.29 is 19.3 Å². The van der Waals surface area contributed by atoms with E-state index >= 15 is 0 Å². The van der Waals surface area contributed by atoms with E-state index in [2.05, 4.69) is 31.4 Å². The largest absolute Gasteiger partial charge is 0.271 e. The predicted molar refractivity (Wildman–Crippen MR) is 146 cm³/mol. The highest BCUT2D eigenvalue weighted by molar-refractivity contribution is 9.10. The number of hydrazone groups is 1. The Morgan fingerprint density at radius 3 is 2.35 bits per heavy atom. The fourth-order valence-electron chi connectivity index (χ4n) is 5.03. The molecule has 3 amide bonds. The predicted octanol–water partition coefficient (Wildman–Crippen LogP) is 4.03. The maximum atomic E-state index is 13.7. The first-order valence-electron chi connectivity index (χ1n) is 12.3. The zero-order valence-corrected chi connectivity index (χ0v) is 22.3. The number of rotatable bonds is 6. The molecule has 0 aliphatic carbocycles. The van der Waals surface area contributed by atoms with Crippen molar-refractivity contribution in [1.82, 2.24) is 10.0 Å². The van der Waals surface area contributed by atoms with Crippen molar-refractivity contribution in [3.63, 3.8) is 0 Å². The lowest BCUT2D eigenvalue weighted by Gasteiger charge is -2.25. The molecule has 0 spiro atoms. The van der Waals surface area contributed by atoms with Gasteiger partial charge < -0.3 is 0 Å². The minimum Gasteiger partial charge on any atom is -0.271 e. The van der Waals surface area contributed by atoms with Crippen LogP contribution >= 0.6 is 15.9 Å². The fraction of sp³-hybridized carbons (Fsp3) is 0.185. The number of carbonyl (C=O) groups is 3. The van der Waals surface area contributed by atoms with E-state index in [9.17, 15) is 24.5 Å². The number of carbonyl (C=O) groups excluding carboxylic acids is 3. The molecule has 3 unspecified atom stereocenters. The van der Waals surface area contributed by atoms with Gasteiger partial charge in [0, 0.05) is 23.0 Å². The summed E-state index contributed by atoms with van der Waals surface area (Å²) in [5, 5.41) is 26.3. The summed E-state index contributed by atoms with van der Waals surface area (Å²) in [6.07, 6.45) is 0.385. The second kappa shape index (κ2) is 10.1. The van der Waals surface area contributed by atoms with Crippen LogP contribution < -0.4 is 4.90 Å². The van der Waals surface area contributed by atoms with E-state index < -0.39 is 40.8 Å². The topological polar surface area (TPSA) is 141 Å². The number of hydrogen-bond acceptors (Lipinski definition) is 9. The van der Waals surface area contributed by atoms with Gasteiger partial charge in [-0.05, 0) is 35.4 Å². The molecule has 6 rings (SSSR count). The van der Waals surface area contributed by atoms with Crippen LogP contribution in [0.3, 0.4) is 0 Å². The zero-order chi connectivity index (χ0) is 28.0. The molecule has 200 valence electrons. The molecule has 12 nitrogen and oxygen atoms in total. The number of hydrogen-bond donors (Lipinski definition) is 0. The quantitative estimate of drug-likeness (QED) is 0.237. The van der Waals surface area contributed by atoms with Crippen molar-refractivity contribution in [3.8, 4) is 0 Å². The Labute approximate surface area is 235 Å². The van der Waals surface area contributed by atoms with Crippen LogP contribution in [0.15, 0.2) is 98.8 Å². The van der Waals surface area contributed by atoms with Gasteiger partial charge in [-0.2, -0.15) is 10.2 Å². The molecule has 3 aromatic carbocycles.